The van der Waals surface area contributed by atoms with Gasteiger partial charge in [0, 0.05) is 33.5 Å². The second kappa shape index (κ2) is 23.2. The van der Waals surface area contributed by atoms with E-state index in [9.17, 15) is 4.39 Å². The Morgan fingerprint density at radius 2 is 0.688 bits per heavy atom. The molecular weight excluding hydrogens is 950 g/mol. The zero-order valence-electron chi connectivity index (χ0n) is 44.0. The fraction of sp³-hybridized carbons (Fsp3) is 0.167. The Labute approximate surface area is 451 Å². The van der Waals surface area contributed by atoms with Gasteiger partial charge in [-0.3, -0.25) is 0 Å². The van der Waals surface area contributed by atoms with Crippen molar-refractivity contribution in [3.05, 3.63) is 253 Å². The van der Waals surface area contributed by atoms with Crippen molar-refractivity contribution in [2.24, 2.45) is 0 Å². The lowest BCUT2D eigenvalue weighted by atomic mass is 9.93. The molecule has 0 aromatic heterocycles. The Balaban J connectivity index is 1.04. The number of benzene rings is 11. The van der Waals surface area contributed by atoms with Crippen molar-refractivity contribution in [2.45, 2.75) is 78.1 Å². The highest BCUT2D eigenvalue weighted by Gasteiger charge is 2.23. The third-order valence-electron chi connectivity index (χ3n) is 15.2. The van der Waals surface area contributed by atoms with Crippen LogP contribution < -0.4 is 9.80 Å². The first-order valence-corrected chi connectivity index (χ1v) is 27.5. The lowest BCUT2D eigenvalue weighted by molar-refractivity contribution is 0.627. The zero-order valence-corrected chi connectivity index (χ0v) is 44.0. The van der Waals surface area contributed by atoms with Crippen molar-refractivity contribution in [1.29, 1.82) is 0 Å². The van der Waals surface area contributed by atoms with Crippen molar-refractivity contribution in [3.63, 3.8) is 0 Å². The van der Waals surface area contributed by atoms with Gasteiger partial charge in [0.1, 0.15) is 17.5 Å². The van der Waals surface area contributed by atoms with Crippen molar-refractivity contribution in [2.75, 3.05) is 9.80 Å². The van der Waals surface area contributed by atoms with E-state index in [1.54, 1.807) is 30.3 Å². The first-order valence-electron chi connectivity index (χ1n) is 27.5. The standard InChI is InChI=1S/C72H63F3N2/c1-3-5-7-9-15-50-23-27-52(28-24-50)54-31-38-61(39-32-54)76(62-42-35-56(36-43-62)57-17-13-18-58(73)45-57)72-49-68-65-21-11-12-22-67(65)71(48-69(68)66-44-37-60(75)47-70(66)72)77(64-20-14-19-59(74)46-64)63-40-33-55(34-41-63)53-29-25-51(26-30-53)16-10-8-6-4-2/h11-14,17-49H,3-10,15-16H2,1-2H3. The predicted octanol–water partition coefficient (Wildman–Crippen LogP) is 21.7. The molecule has 5 heteroatoms. The summed E-state index contributed by atoms with van der Waals surface area (Å²) in [5, 5.41) is 5.45. The number of hydrogen-bond acceptors (Lipinski definition) is 2. The number of unbranched alkanes of at least 4 members (excludes halogenated alkanes) is 6. The second-order valence-electron chi connectivity index (χ2n) is 20.4. The van der Waals surface area contributed by atoms with Gasteiger partial charge >= 0.3 is 0 Å². The van der Waals surface area contributed by atoms with Gasteiger partial charge in [-0.2, -0.15) is 0 Å². The molecular formula is C72H63F3N2. The quantitative estimate of drug-likeness (QED) is 0.0588. The molecule has 0 aliphatic heterocycles. The molecule has 382 valence electrons. The van der Waals surface area contributed by atoms with E-state index < -0.39 is 0 Å². The third-order valence-corrected chi connectivity index (χ3v) is 15.2. The van der Waals surface area contributed by atoms with Crippen LogP contribution in [0.25, 0.3) is 65.7 Å². The van der Waals surface area contributed by atoms with Crippen molar-refractivity contribution >= 4 is 66.4 Å². The summed E-state index contributed by atoms with van der Waals surface area (Å²) in [5.74, 6) is -0.984. The van der Waals surface area contributed by atoms with Crippen LogP contribution >= 0.6 is 0 Å². The molecule has 0 aliphatic carbocycles. The minimum atomic E-state index is -0.354. The Morgan fingerprint density at radius 3 is 1.18 bits per heavy atom. The van der Waals surface area contributed by atoms with Crippen LogP contribution in [-0.2, 0) is 12.8 Å². The van der Waals surface area contributed by atoms with E-state index >= 15 is 8.78 Å². The van der Waals surface area contributed by atoms with Gasteiger partial charge in [0.05, 0.1) is 11.4 Å². The average molecular weight is 1010 g/mol. The fourth-order valence-corrected chi connectivity index (χ4v) is 11.1. The maximum absolute atomic E-state index is 16.0. The minimum absolute atomic E-state index is 0.295. The van der Waals surface area contributed by atoms with Crippen LogP contribution in [0.5, 0.6) is 0 Å². The van der Waals surface area contributed by atoms with Gasteiger partial charge < -0.3 is 9.80 Å². The molecule has 0 amide bonds. The van der Waals surface area contributed by atoms with Crippen LogP contribution in [0, 0.1) is 17.5 Å². The summed E-state index contributed by atoms with van der Waals surface area (Å²) >= 11 is 0. The van der Waals surface area contributed by atoms with Gasteiger partial charge in [-0.15, -0.1) is 0 Å². The molecule has 0 spiro atoms. The highest BCUT2D eigenvalue weighted by atomic mass is 19.1. The molecule has 0 saturated carbocycles. The molecule has 0 radical (unpaired) electrons. The molecule has 0 heterocycles. The lowest BCUT2D eigenvalue weighted by Crippen LogP contribution is -2.12. The topological polar surface area (TPSA) is 6.48 Å². The third kappa shape index (κ3) is 11.1. The highest BCUT2D eigenvalue weighted by Crippen LogP contribution is 2.48. The summed E-state index contributed by atoms with van der Waals surface area (Å²) in [4.78, 5) is 4.33. The van der Waals surface area contributed by atoms with Gasteiger partial charge in [0.25, 0.3) is 0 Å². The Hall–Kier alpha value is -8.41. The Kier molecular flexibility index (Phi) is 15.3. The summed E-state index contributed by atoms with van der Waals surface area (Å²) in [6.07, 6.45) is 12.1. The number of halogens is 3. The number of fused-ring (bicyclic) bond motifs is 5. The van der Waals surface area contributed by atoms with Gasteiger partial charge in [0.2, 0.25) is 0 Å². The summed E-state index contributed by atoms with van der Waals surface area (Å²) in [6.45, 7) is 4.49. The summed E-state index contributed by atoms with van der Waals surface area (Å²) in [7, 11) is 0. The molecule has 0 aliphatic rings. The van der Waals surface area contributed by atoms with E-state index in [1.165, 1.54) is 80.7 Å². The fourth-order valence-electron chi connectivity index (χ4n) is 11.1. The first-order chi connectivity index (χ1) is 37.8. The summed E-state index contributed by atoms with van der Waals surface area (Å²) in [6, 6.07) is 74.2. The highest BCUT2D eigenvalue weighted by molar-refractivity contribution is 6.24. The number of nitrogens with zero attached hydrogens (tertiary/aromatic N) is 2. The molecule has 0 N–H and O–H groups in total. The van der Waals surface area contributed by atoms with Gasteiger partial charge in [-0.05, 0) is 183 Å². The van der Waals surface area contributed by atoms with E-state index in [2.05, 4.69) is 163 Å². The monoisotopic (exact) mass is 1010 g/mol. The van der Waals surface area contributed by atoms with E-state index in [4.69, 9.17) is 0 Å². The SMILES string of the molecule is CCCCCCc1ccc(-c2ccc(N(c3cccc(F)c3)c3cc4c5ccc(F)cc5c(N(c5ccc(-c6ccc(CCCCCC)cc6)cc5)c5ccc(-c6cccc(F)c6)cc5)cc4c4ccccc34)cc2)cc1. The lowest BCUT2D eigenvalue weighted by Gasteiger charge is -2.30. The molecule has 0 atom stereocenters. The van der Waals surface area contributed by atoms with Crippen LogP contribution in [0.2, 0.25) is 0 Å². The van der Waals surface area contributed by atoms with Crippen molar-refractivity contribution < 1.29 is 13.2 Å². The average Bonchev–Trinajstić information content (AvgIpc) is 3.58. The van der Waals surface area contributed by atoms with Crippen LogP contribution in [0.3, 0.4) is 0 Å². The van der Waals surface area contributed by atoms with Gasteiger partial charge in [-0.25, -0.2) is 13.2 Å². The number of anilines is 6. The Morgan fingerprint density at radius 1 is 0.273 bits per heavy atom. The molecule has 11 aromatic rings. The van der Waals surface area contributed by atoms with Gasteiger partial charge in [-0.1, -0.05) is 186 Å². The zero-order chi connectivity index (χ0) is 52.7. The van der Waals surface area contributed by atoms with Crippen LogP contribution in [-0.4, -0.2) is 0 Å². The molecule has 11 rings (SSSR count). The van der Waals surface area contributed by atoms with E-state index in [1.807, 2.05) is 36.4 Å². The molecule has 0 saturated heterocycles. The predicted molar refractivity (Wildman–Crippen MR) is 320 cm³/mol. The second-order valence-corrected chi connectivity index (χ2v) is 20.4. The largest absolute Gasteiger partial charge is 0.310 e. The van der Waals surface area contributed by atoms with E-state index in [0.29, 0.717) is 5.69 Å². The van der Waals surface area contributed by atoms with Crippen LogP contribution in [0.15, 0.2) is 224 Å². The molecule has 2 nitrogen and oxygen atoms in total. The number of hydrogen-bond donors (Lipinski definition) is 0. The summed E-state index contributed by atoms with van der Waals surface area (Å²) in [5.41, 5.74) is 13.8. The van der Waals surface area contributed by atoms with E-state index in [0.717, 1.165) is 107 Å². The molecule has 77 heavy (non-hydrogen) atoms. The van der Waals surface area contributed by atoms with Crippen LogP contribution in [0.1, 0.15) is 76.3 Å². The smallest absolute Gasteiger partial charge is 0.125 e. The van der Waals surface area contributed by atoms with Crippen LogP contribution in [0.4, 0.5) is 47.3 Å². The summed E-state index contributed by atoms with van der Waals surface area (Å²) < 4.78 is 46.0. The molecule has 11 aromatic carbocycles. The molecule has 0 unspecified atom stereocenters. The normalized spacial score (nSPS) is 11.4. The van der Waals surface area contributed by atoms with E-state index in [-0.39, 0.29) is 17.5 Å². The maximum Gasteiger partial charge on any atom is 0.125 e. The Bertz CT molecular complexity index is 3790. The molecule has 0 bridgehead atoms. The maximum atomic E-state index is 16.0. The molecule has 0 fully saturated rings. The van der Waals surface area contributed by atoms with Crippen molar-refractivity contribution in [3.8, 4) is 33.4 Å². The van der Waals surface area contributed by atoms with Crippen molar-refractivity contribution in [1.82, 2.24) is 0 Å². The minimum Gasteiger partial charge on any atom is -0.310 e. The first kappa shape index (κ1) is 50.7. The van der Waals surface area contributed by atoms with Gasteiger partial charge in [0.15, 0.2) is 0 Å². The number of rotatable bonds is 19. The number of aryl methyl sites for hydroxylation is 2.